The molecule has 0 aliphatic carbocycles. The van der Waals surface area contributed by atoms with Crippen molar-refractivity contribution in [3.63, 3.8) is 0 Å². The summed E-state index contributed by atoms with van der Waals surface area (Å²) in [5, 5.41) is 1.15. The monoisotopic (exact) mass is 203 g/mol. The van der Waals surface area contributed by atoms with Crippen LogP contribution in [0.1, 0.15) is 21.5 Å². The van der Waals surface area contributed by atoms with E-state index in [1.165, 1.54) is 12.7 Å². The summed E-state index contributed by atoms with van der Waals surface area (Å²) in [6, 6.07) is 3.75. The van der Waals surface area contributed by atoms with Crippen LogP contribution in [0.2, 0.25) is 0 Å². The van der Waals surface area contributed by atoms with Gasteiger partial charge in [0.15, 0.2) is 0 Å². The van der Waals surface area contributed by atoms with Gasteiger partial charge in [0.2, 0.25) is 0 Å². The number of aromatic nitrogens is 1. The summed E-state index contributed by atoms with van der Waals surface area (Å²) in [5.74, 6) is -0.290. The Labute approximate surface area is 88.1 Å². The van der Waals surface area contributed by atoms with Gasteiger partial charge in [-0.05, 0) is 31.0 Å². The van der Waals surface area contributed by atoms with E-state index in [0.717, 1.165) is 16.5 Å². The third kappa shape index (κ3) is 1.40. The van der Waals surface area contributed by atoms with Gasteiger partial charge >= 0.3 is 5.97 Å². The Morgan fingerprint density at radius 2 is 2.07 bits per heavy atom. The normalized spacial score (nSPS) is 10.6. The van der Waals surface area contributed by atoms with E-state index in [-0.39, 0.29) is 5.97 Å². The quantitative estimate of drug-likeness (QED) is 0.724. The highest BCUT2D eigenvalue weighted by Gasteiger charge is 2.12. The standard InChI is InChI=1S/C12H13NO2/c1-7-6-13-11-8(2)10(12(14)15-3)5-4-9(7)11/h4-6,13H,1-3H3. The molecule has 0 saturated carbocycles. The number of carbonyl (C=O) groups excluding carboxylic acids is 1. The van der Waals surface area contributed by atoms with Crippen LogP contribution in [0.25, 0.3) is 10.9 Å². The van der Waals surface area contributed by atoms with Crippen molar-refractivity contribution in [2.45, 2.75) is 13.8 Å². The fourth-order valence-corrected chi connectivity index (χ4v) is 1.82. The van der Waals surface area contributed by atoms with Crippen LogP contribution in [0, 0.1) is 13.8 Å². The van der Waals surface area contributed by atoms with Crippen molar-refractivity contribution in [2.75, 3.05) is 7.11 Å². The van der Waals surface area contributed by atoms with E-state index >= 15 is 0 Å². The lowest BCUT2D eigenvalue weighted by Gasteiger charge is -2.04. The topological polar surface area (TPSA) is 42.1 Å². The molecule has 15 heavy (non-hydrogen) atoms. The third-order valence-electron chi connectivity index (χ3n) is 2.73. The molecule has 0 atom stereocenters. The molecule has 3 nitrogen and oxygen atoms in total. The molecule has 0 bridgehead atoms. The molecule has 1 heterocycles. The lowest BCUT2D eigenvalue weighted by molar-refractivity contribution is 0.0600. The van der Waals surface area contributed by atoms with Gasteiger partial charge in [0.05, 0.1) is 12.7 Å². The zero-order chi connectivity index (χ0) is 11.0. The summed E-state index contributed by atoms with van der Waals surface area (Å²) in [6.45, 7) is 3.96. The van der Waals surface area contributed by atoms with Gasteiger partial charge in [0.1, 0.15) is 0 Å². The van der Waals surface area contributed by atoms with Gasteiger partial charge in [-0.1, -0.05) is 6.07 Å². The van der Waals surface area contributed by atoms with Crippen LogP contribution < -0.4 is 0 Å². The molecule has 2 aromatic rings. The first-order chi connectivity index (χ1) is 7.15. The number of aromatic amines is 1. The number of ether oxygens (including phenoxy) is 1. The molecule has 0 amide bonds. The fourth-order valence-electron chi connectivity index (χ4n) is 1.82. The van der Waals surface area contributed by atoms with Crippen molar-refractivity contribution in [1.82, 2.24) is 4.98 Å². The second-order valence-electron chi connectivity index (χ2n) is 3.62. The number of H-pyrrole nitrogens is 1. The highest BCUT2D eigenvalue weighted by molar-refractivity contribution is 5.98. The molecule has 2 rings (SSSR count). The number of benzene rings is 1. The summed E-state index contributed by atoms with van der Waals surface area (Å²) in [4.78, 5) is 14.6. The van der Waals surface area contributed by atoms with Gasteiger partial charge < -0.3 is 9.72 Å². The Morgan fingerprint density at radius 3 is 2.73 bits per heavy atom. The maximum atomic E-state index is 11.4. The van der Waals surface area contributed by atoms with Gasteiger partial charge in [0, 0.05) is 17.1 Å². The summed E-state index contributed by atoms with van der Waals surface area (Å²) < 4.78 is 4.72. The van der Waals surface area contributed by atoms with Crippen LogP contribution in [0.5, 0.6) is 0 Å². The summed E-state index contributed by atoms with van der Waals surface area (Å²) in [6.07, 6.45) is 1.94. The van der Waals surface area contributed by atoms with Crippen molar-refractivity contribution in [2.24, 2.45) is 0 Å². The zero-order valence-corrected chi connectivity index (χ0v) is 9.05. The van der Waals surface area contributed by atoms with Crippen LogP contribution in [0.3, 0.4) is 0 Å². The van der Waals surface area contributed by atoms with E-state index in [9.17, 15) is 4.79 Å². The third-order valence-corrected chi connectivity index (χ3v) is 2.73. The van der Waals surface area contributed by atoms with E-state index < -0.39 is 0 Å². The van der Waals surface area contributed by atoms with Gasteiger partial charge in [0.25, 0.3) is 0 Å². The Balaban J connectivity index is 2.71. The molecule has 0 radical (unpaired) electrons. The molecule has 0 aliphatic rings. The minimum Gasteiger partial charge on any atom is -0.465 e. The number of methoxy groups -OCH3 is 1. The lowest BCUT2D eigenvalue weighted by atomic mass is 10.0. The Morgan fingerprint density at radius 1 is 1.33 bits per heavy atom. The van der Waals surface area contributed by atoms with Crippen molar-refractivity contribution < 1.29 is 9.53 Å². The van der Waals surface area contributed by atoms with Crippen LogP contribution in [0.15, 0.2) is 18.3 Å². The van der Waals surface area contributed by atoms with Crippen LogP contribution in [-0.2, 0) is 4.74 Å². The molecule has 1 N–H and O–H groups in total. The maximum absolute atomic E-state index is 11.4. The van der Waals surface area contributed by atoms with Gasteiger partial charge in [-0.3, -0.25) is 0 Å². The maximum Gasteiger partial charge on any atom is 0.338 e. The van der Waals surface area contributed by atoms with Crippen LogP contribution >= 0.6 is 0 Å². The minimum atomic E-state index is -0.290. The Hall–Kier alpha value is -1.77. The van der Waals surface area contributed by atoms with Crippen molar-refractivity contribution >= 4 is 16.9 Å². The Kier molecular flexibility index (Phi) is 2.23. The van der Waals surface area contributed by atoms with Gasteiger partial charge in [-0.25, -0.2) is 4.79 Å². The number of nitrogens with one attached hydrogen (secondary N) is 1. The number of rotatable bonds is 1. The predicted molar refractivity (Wildman–Crippen MR) is 59.1 cm³/mol. The molecule has 0 unspecified atom stereocenters. The molecule has 3 heteroatoms. The number of fused-ring (bicyclic) bond motifs is 1. The number of hydrogen-bond acceptors (Lipinski definition) is 2. The average Bonchev–Trinajstić information content (AvgIpc) is 2.61. The molecule has 78 valence electrons. The number of esters is 1. The molecular weight excluding hydrogens is 190 g/mol. The molecule has 1 aromatic heterocycles. The van der Waals surface area contributed by atoms with Crippen molar-refractivity contribution in [3.05, 3.63) is 35.0 Å². The average molecular weight is 203 g/mol. The first-order valence-electron chi connectivity index (χ1n) is 4.80. The Bertz CT molecular complexity index is 526. The molecule has 0 saturated heterocycles. The van der Waals surface area contributed by atoms with Gasteiger partial charge in [-0.2, -0.15) is 0 Å². The largest absolute Gasteiger partial charge is 0.465 e. The highest BCUT2D eigenvalue weighted by atomic mass is 16.5. The molecule has 0 aliphatic heterocycles. The number of carbonyl (C=O) groups is 1. The van der Waals surface area contributed by atoms with Crippen molar-refractivity contribution in [3.8, 4) is 0 Å². The van der Waals surface area contributed by atoms with Gasteiger partial charge in [-0.15, -0.1) is 0 Å². The summed E-state index contributed by atoms with van der Waals surface area (Å²) in [5.41, 5.74) is 3.75. The molecule has 0 spiro atoms. The van der Waals surface area contributed by atoms with Crippen molar-refractivity contribution in [1.29, 1.82) is 0 Å². The smallest absolute Gasteiger partial charge is 0.338 e. The lowest BCUT2D eigenvalue weighted by Crippen LogP contribution is -2.03. The van der Waals surface area contributed by atoms with E-state index in [4.69, 9.17) is 4.74 Å². The highest BCUT2D eigenvalue weighted by Crippen LogP contribution is 2.23. The first kappa shape index (κ1) is 9.77. The predicted octanol–water partition coefficient (Wildman–Crippen LogP) is 2.57. The van der Waals surface area contributed by atoms with E-state index in [1.807, 2.05) is 32.2 Å². The first-order valence-corrected chi connectivity index (χ1v) is 4.80. The zero-order valence-electron chi connectivity index (χ0n) is 9.05. The van der Waals surface area contributed by atoms with Crippen LogP contribution in [-0.4, -0.2) is 18.1 Å². The second kappa shape index (κ2) is 3.42. The fraction of sp³-hybridized carbons (Fsp3) is 0.250. The SMILES string of the molecule is COC(=O)c1ccc2c(C)c[nH]c2c1C. The molecule has 1 aromatic carbocycles. The van der Waals surface area contributed by atoms with E-state index in [0.29, 0.717) is 5.56 Å². The second-order valence-corrected chi connectivity index (χ2v) is 3.62. The number of aryl methyl sites for hydroxylation is 2. The molecular formula is C12H13NO2. The van der Waals surface area contributed by atoms with E-state index in [1.54, 1.807) is 0 Å². The number of hydrogen-bond donors (Lipinski definition) is 1. The summed E-state index contributed by atoms with van der Waals surface area (Å²) >= 11 is 0. The molecule has 0 fully saturated rings. The van der Waals surface area contributed by atoms with E-state index in [2.05, 4.69) is 4.98 Å². The summed E-state index contributed by atoms with van der Waals surface area (Å²) in [7, 11) is 1.39. The van der Waals surface area contributed by atoms with Crippen LogP contribution in [0.4, 0.5) is 0 Å². The minimum absolute atomic E-state index is 0.290.